The van der Waals surface area contributed by atoms with Crippen LogP contribution in [0.1, 0.15) is 54.4 Å². The number of likely N-dealkylation sites (tertiary alicyclic amines) is 1. The molecule has 1 amide bonds. The van der Waals surface area contributed by atoms with Crippen molar-refractivity contribution in [1.82, 2.24) is 4.90 Å². The van der Waals surface area contributed by atoms with Gasteiger partial charge in [-0.05, 0) is 53.4 Å². The van der Waals surface area contributed by atoms with Crippen LogP contribution in [-0.2, 0) is 4.74 Å². The first-order chi connectivity index (χ1) is 7.12. The Bertz CT molecular complexity index is 266. The lowest BCUT2D eigenvalue weighted by atomic mass is 9.86. The number of ether oxygens (including phenoxy) is 1. The van der Waals surface area contributed by atoms with E-state index in [0.717, 1.165) is 13.0 Å². The number of rotatable bonds is 0. The average Bonchev–Trinajstić information content (AvgIpc) is 2.06. The molecule has 0 saturated carbocycles. The van der Waals surface area contributed by atoms with Gasteiger partial charge < -0.3 is 9.64 Å². The molecule has 0 aromatic carbocycles. The van der Waals surface area contributed by atoms with Crippen LogP contribution in [0.25, 0.3) is 0 Å². The zero-order valence-electron chi connectivity index (χ0n) is 11.5. The standard InChI is InChI=1S/C13H25NO2/c1-10-7-8-13(5,6)14(9-10)11(15)16-12(2,3)4/h10H,7-9H2,1-6H3. The molecule has 0 aliphatic carbocycles. The molecule has 94 valence electrons. The topological polar surface area (TPSA) is 29.5 Å². The smallest absolute Gasteiger partial charge is 0.410 e. The highest BCUT2D eigenvalue weighted by atomic mass is 16.6. The number of piperidine rings is 1. The lowest BCUT2D eigenvalue weighted by Crippen LogP contribution is -2.54. The SMILES string of the molecule is CC1CCC(C)(C)N(C(=O)OC(C)(C)C)C1. The summed E-state index contributed by atoms with van der Waals surface area (Å²) in [7, 11) is 0. The Kier molecular flexibility index (Phi) is 3.56. The molecule has 0 aromatic heterocycles. The summed E-state index contributed by atoms with van der Waals surface area (Å²) >= 11 is 0. The van der Waals surface area contributed by atoms with E-state index < -0.39 is 5.60 Å². The Labute approximate surface area is 99.1 Å². The molecular weight excluding hydrogens is 202 g/mol. The van der Waals surface area contributed by atoms with Gasteiger partial charge in [-0.2, -0.15) is 0 Å². The summed E-state index contributed by atoms with van der Waals surface area (Å²) in [5.74, 6) is 0.570. The number of carbonyl (C=O) groups is 1. The van der Waals surface area contributed by atoms with Crippen molar-refractivity contribution in [3.63, 3.8) is 0 Å². The largest absolute Gasteiger partial charge is 0.444 e. The van der Waals surface area contributed by atoms with Crippen LogP contribution in [-0.4, -0.2) is 28.7 Å². The summed E-state index contributed by atoms with van der Waals surface area (Å²) in [5.41, 5.74) is -0.483. The quantitative estimate of drug-likeness (QED) is 0.634. The molecule has 3 nitrogen and oxygen atoms in total. The van der Waals surface area contributed by atoms with Gasteiger partial charge in [-0.25, -0.2) is 4.79 Å². The Morgan fingerprint density at radius 3 is 2.44 bits per heavy atom. The van der Waals surface area contributed by atoms with Gasteiger partial charge in [-0.15, -0.1) is 0 Å². The Morgan fingerprint density at radius 2 is 1.94 bits per heavy atom. The highest BCUT2D eigenvalue weighted by Crippen LogP contribution is 2.31. The molecule has 16 heavy (non-hydrogen) atoms. The monoisotopic (exact) mass is 227 g/mol. The molecule has 1 atom stereocenters. The number of carbonyl (C=O) groups excluding carboxylic acids is 1. The molecule has 3 heteroatoms. The number of hydrogen-bond donors (Lipinski definition) is 0. The number of amides is 1. The van der Waals surface area contributed by atoms with Crippen molar-refractivity contribution >= 4 is 6.09 Å². The molecule has 1 aliphatic rings. The summed E-state index contributed by atoms with van der Waals surface area (Å²) in [5, 5.41) is 0. The summed E-state index contributed by atoms with van der Waals surface area (Å²) in [4.78, 5) is 14.0. The second kappa shape index (κ2) is 4.27. The minimum absolute atomic E-state index is 0.0746. The lowest BCUT2D eigenvalue weighted by Gasteiger charge is -2.44. The molecule has 0 radical (unpaired) electrons. The number of hydrogen-bond acceptors (Lipinski definition) is 2. The van der Waals surface area contributed by atoms with Gasteiger partial charge in [0.1, 0.15) is 5.60 Å². The molecule has 0 aromatic rings. The highest BCUT2D eigenvalue weighted by Gasteiger charge is 2.37. The van der Waals surface area contributed by atoms with E-state index in [1.165, 1.54) is 6.42 Å². The van der Waals surface area contributed by atoms with Gasteiger partial charge in [0.25, 0.3) is 0 Å². The molecule has 1 heterocycles. The van der Waals surface area contributed by atoms with Gasteiger partial charge in [0, 0.05) is 12.1 Å². The Morgan fingerprint density at radius 1 is 1.38 bits per heavy atom. The molecule has 1 unspecified atom stereocenters. The van der Waals surface area contributed by atoms with Crippen LogP contribution in [0.2, 0.25) is 0 Å². The zero-order valence-corrected chi connectivity index (χ0v) is 11.5. The zero-order chi connectivity index (χ0) is 12.6. The second-order valence-electron chi connectivity index (χ2n) is 6.55. The Hall–Kier alpha value is -0.730. The van der Waals surface area contributed by atoms with Gasteiger partial charge in [0.2, 0.25) is 0 Å². The molecule has 1 rings (SSSR count). The first kappa shape index (κ1) is 13.3. The van der Waals surface area contributed by atoms with Crippen LogP contribution in [0.4, 0.5) is 4.79 Å². The molecule has 0 spiro atoms. The van der Waals surface area contributed by atoms with Crippen LogP contribution in [0.5, 0.6) is 0 Å². The van der Waals surface area contributed by atoms with E-state index in [4.69, 9.17) is 4.74 Å². The minimum atomic E-state index is -0.409. The maximum Gasteiger partial charge on any atom is 0.410 e. The van der Waals surface area contributed by atoms with Crippen molar-refractivity contribution in [2.75, 3.05) is 6.54 Å². The third-order valence-electron chi connectivity index (χ3n) is 3.09. The third-order valence-corrected chi connectivity index (χ3v) is 3.09. The van der Waals surface area contributed by atoms with Crippen LogP contribution >= 0.6 is 0 Å². The lowest BCUT2D eigenvalue weighted by molar-refractivity contribution is -0.0143. The molecule has 1 fully saturated rings. The van der Waals surface area contributed by atoms with Crippen LogP contribution in [0.3, 0.4) is 0 Å². The van der Waals surface area contributed by atoms with Gasteiger partial charge in [0.15, 0.2) is 0 Å². The summed E-state index contributed by atoms with van der Waals surface area (Å²) < 4.78 is 5.45. The molecule has 1 aliphatic heterocycles. The summed E-state index contributed by atoms with van der Waals surface area (Å²) in [6.45, 7) is 12.9. The highest BCUT2D eigenvalue weighted by molar-refractivity contribution is 5.69. The van der Waals surface area contributed by atoms with E-state index in [9.17, 15) is 4.79 Å². The van der Waals surface area contributed by atoms with Gasteiger partial charge in [-0.1, -0.05) is 6.92 Å². The predicted octanol–water partition coefficient (Wildman–Crippen LogP) is 3.43. The maximum atomic E-state index is 12.1. The fourth-order valence-electron chi connectivity index (χ4n) is 2.02. The summed E-state index contributed by atoms with van der Waals surface area (Å²) in [6.07, 6.45) is 2.06. The van der Waals surface area contributed by atoms with Gasteiger partial charge in [-0.3, -0.25) is 0 Å². The Balaban J connectivity index is 2.72. The van der Waals surface area contributed by atoms with Crippen molar-refractivity contribution in [3.05, 3.63) is 0 Å². The predicted molar refractivity (Wildman–Crippen MR) is 65.4 cm³/mol. The molecule has 1 saturated heterocycles. The van der Waals surface area contributed by atoms with E-state index in [0.29, 0.717) is 5.92 Å². The van der Waals surface area contributed by atoms with E-state index in [-0.39, 0.29) is 11.6 Å². The van der Waals surface area contributed by atoms with E-state index in [1.54, 1.807) is 0 Å². The molecule has 0 N–H and O–H groups in total. The normalized spacial score (nSPS) is 25.4. The van der Waals surface area contributed by atoms with Crippen molar-refractivity contribution in [2.45, 2.75) is 65.5 Å². The number of nitrogens with zero attached hydrogens (tertiary/aromatic N) is 1. The van der Waals surface area contributed by atoms with Crippen LogP contribution in [0, 0.1) is 5.92 Å². The second-order valence-corrected chi connectivity index (χ2v) is 6.55. The minimum Gasteiger partial charge on any atom is -0.444 e. The van der Waals surface area contributed by atoms with Crippen LogP contribution in [0.15, 0.2) is 0 Å². The first-order valence-corrected chi connectivity index (χ1v) is 6.12. The summed E-state index contributed by atoms with van der Waals surface area (Å²) in [6, 6.07) is 0. The van der Waals surface area contributed by atoms with E-state index >= 15 is 0 Å². The fraction of sp³-hybridized carbons (Fsp3) is 0.923. The van der Waals surface area contributed by atoms with Crippen molar-refractivity contribution in [1.29, 1.82) is 0 Å². The van der Waals surface area contributed by atoms with Crippen LogP contribution < -0.4 is 0 Å². The van der Waals surface area contributed by atoms with E-state index in [1.807, 2.05) is 25.7 Å². The average molecular weight is 227 g/mol. The van der Waals surface area contributed by atoms with Crippen molar-refractivity contribution in [3.8, 4) is 0 Å². The van der Waals surface area contributed by atoms with E-state index in [2.05, 4.69) is 20.8 Å². The van der Waals surface area contributed by atoms with Gasteiger partial charge >= 0.3 is 6.09 Å². The van der Waals surface area contributed by atoms with Gasteiger partial charge in [0.05, 0.1) is 0 Å². The maximum absolute atomic E-state index is 12.1. The van der Waals surface area contributed by atoms with Crippen molar-refractivity contribution in [2.24, 2.45) is 5.92 Å². The van der Waals surface area contributed by atoms with Crippen molar-refractivity contribution < 1.29 is 9.53 Å². The third kappa shape index (κ3) is 3.39. The molecular formula is C13H25NO2. The molecule has 0 bridgehead atoms. The fourth-order valence-corrected chi connectivity index (χ4v) is 2.02. The first-order valence-electron chi connectivity index (χ1n) is 6.12.